The number of rotatable bonds is 2. The van der Waals surface area contributed by atoms with Crippen LogP contribution in [0.1, 0.15) is 49.8 Å². The summed E-state index contributed by atoms with van der Waals surface area (Å²) in [6.45, 7) is 4.01. The molecule has 3 heteroatoms. The molecular weight excluding hydrogens is 248 g/mol. The summed E-state index contributed by atoms with van der Waals surface area (Å²) in [6, 6.07) is 8.75. The summed E-state index contributed by atoms with van der Waals surface area (Å²) >= 11 is 0. The maximum Gasteiger partial charge on any atom is 0.226 e. The van der Waals surface area contributed by atoms with Gasteiger partial charge in [-0.25, -0.2) is 0 Å². The van der Waals surface area contributed by atoms with E-state index in [0.29, 0.717) is 0 Å². The number of carbonyl (C=O) groups is 1. The molecule has 0 aromatic heterocycles. The standard InChI is InChI=1S/C17H24N2O/c1-17(9-11-18-12-10-17)16(20)19-15-8-4-6-13-5-2-3-7-14(13)15/h2-3,5,7,15,18H,4,6,8-12H2,1H3,(H,19,20). The second kappa shape index (κ2) is 5.57. The van der Waals surface area contributed by atoms with E-state index in [0.717, 1.165) is 38.8 Å². The van der Waals surface area contributed by atoms with E-state index >= 15 is 0 Å². The predicted octanol–water partition coefficient (Wildman–Crippen LogP) is 2.57. The van der Waals surface area contributed by atoms with Crippen molar-refractivity contribution in [2.75, 3.05) is 13.1 Å². The summed E-state index contributed by atoms with van der Waals surface area (Å²) < 4.78 is 0. The van der Waals surface area contributed by atoms with Crippen molar-refractivity contribution in [3.63, 3.8) is 0 Å². The quantitative estimate of drug-likeness (QED) is 0.869. The van der Waals surface area contributed by atoms with Gasteiger partial charge in [0.05, 0.1) is 6.04 Å². The molecule has 1 fully saturated rings. The summed E-state index contributed by atoms with van der Waals surface area (Å²) in [5.74, 6) is 0.237. The van der Waals surface area contributed by atoms with Crippen LogP contribution in [0.25, 0.3) is 0 Å². The average molecular weight is 272 g/mol. The zero-order valence-electron chi connectivity index (χ0n) is 12.2. The highest BCUT2D eigenvalue weighted by Crippen LogP contribution is 2.33. The Morgan fingerprint density at radius 2 is 2.05 bits per heavy atom. The highest BCUT2D eigenvalue weighted by Gasteiger charge is 2.36. The number of hydrogen-bond donors (Lipinski definition) is 2. The number of benzene rings is 1. The van der Waals surface area contributed by atoms with Gasteiger partial charge >= 0.3 is 0 Å². The van der Waals surface area contributed by atoms with Crippen LogP contribution in [0.4, 0.5) is 0 Å². The molecule has 1 amide bonds. The molecule has 0 radical (unpaired) electrons. The maximum absolute atomic E-state index is 12.7. The zero-order valence-corrected chi connectivity index (χ0v) is 12.2. The lowest BCUT2D eigenvalue weighted by atomic mass is 9.79. The van der Waals surface area contributed by atoms with E-state index in [1.165, 1.54) is 17.5 Å². The molecule has 0 saturated carbocycles. The summed E-state index contributed by atoms with van der Waals surface area (Å²) in [7, 11) is 0. The minimum absolute atomic E-state index is 0.197. The lowest BCUT2D eigenvalue weighted by Crippen LogP contribution is -2.47. The fourth-order valence-electron chi connectivity index (χ4n) is 3.44. The molecule has 1 aromatic rings. The van der Waals surface area contributed by atoms with Crippen LogP contribution in [0.15, 0.2) is 24.3 Å². The Bertz CT molecular complexity index is 492. The molecule has 0 spiro atoms. The third kappa shape index (κ3) is 2.59. The Morgan fingerprint density at radius 3 is 2.85 bits per heavy atom. The molecule has 2 N–H and O–H groups in total. The molecule has 108 valence electrons. The number of amides is 1. The molecular formula is C17H24N2O. The van der Waals surface area contributed by atoms with E-state index < -0.39 is 0 Å². The first-order valence-corrected chi connectivity index (χ1v) is 7.78. The molecule has 1 aliphatic heterocycles. The van der Waals surface area contributed by atoms with Gasteiger partial charge < -0.3 is 10.6 Å². The van der Waals surface area contributed by atoms with Crippen LogP contribution in [0, 0.1) is 5.41 Å². The number of aryl methyl sites for hydroxylation is 1. The van der Waals surface area contributed by atoms with E-state index in [1.54, 1.807) is 0 Å². The fraction of sp³-hybridized carbons (Fsp3) is 0.588. The third-order valence-electron chi connectivity index (χ3n) is 4.93. The summed E-state index contributed by atoms with van der Waals surface area (Å²) in [5.41, 5.74) is 2.53. The minimum atomic E-state index is -0.197. The van der Waals surface area contributed by atoms with Gasteiger partial charge in [-0.15, -0.1) is 0 Å². The smallest absolute Gasteiger partial charge is 0.226 e. The molecule has 3 nitrogen and oxygen atoms in total. The Labute approximate surface area is 121 Å². The molecule has 1 aromatic carbocycles. The van der Waals surface area contributed by atoms with Crippen molar-refractivity contribution < 1.29 is 4.79 Å². The highest BCUT2D eigenvalue weighted by atomic mass is 16.2. The number of carbonyl (C=O) groups excluding carboxylic acids is 1. The van der Waals surface area contributed by atoms with Crippen LogP contribution < -0.4 is 10.6 Å². The predicted molar refractivity (Wildman–Crippen MR) is 80.5 cm³/mol. The molecule has 1 saturated heterocycles. The van der Waals surface area contributed by atoms with E-state index in [4.69, 9.17) is 0 Å². The largest absolute Gasteiger partial charge is 0.349 e. The Hall–Kier alpha value is -1.35. The van der Waals surface area contributed by atoms with E-state index in [1.807, 2.05) is 0 Å². The monoisotopic (exact) mass is 272 g/mol. The van der Waals surface area contributed by atoms with Crippen molar-refractivity contribution in [1.29, 1.82) is 0 Å². The first-order chi connectivity index (χ1) is 9.69. The number of nitrogens with one attached hydrogen (secondary N) is 2. The van der Waals surface area contributed by atoms with Gasteiger partial charge in [0.2, 0.25) is 5.91 Å². The van der Waals surface area contributed by atoms with Gasteiger partial charge in [-0.1, -0.05) is 31.2 Å². The van der Waals surface area contributed by atoms with Crippen molar-refractivity contribution in [1.82, 2.24) is 10.6 Å². The number of hydrogen-bond acceptors (Lipinski definition) is 2. The Kier molecular flexibility index (Phi) is 3.79. The Morgan fingerprint density at radius 1 is 1.30 bits per heavy atom. The molecule has 3 rings (SSSR count). The van der Waals surface area contributed by atoms with E-state index in [2.05, 4.69) is 41.8 Å². The molecule has 0 bridgehead atoms. The summed E-state index contributed by atoms with van der Waals surface area (Å²) in [6.07, 6.45) is 5.25. The first kappa shape index (κ1) is 13.6. The van der Waals surface area contributed by atoms with Crippen molar-refractivity contribution in [2.24, 2.45) is 5.41 Å². The zero-order chi connectivity index (χ0) is 14.0. The summed E-state index contributed by atoms with van der Waals surface area (Å²) in [4.78, 5) is 12.7. The van der Waals surface area contributed by atoms with Gasteiger partial charge in [0.15, 0.2) is 0 Å². The van der Waals surface area contributed by atoms with Crippen LogP contribution in [0.3, 0.4) is 0 Å². The van der Waals surface area contributed by atoms with Crippen LogP contribution in [-0.4, -0.2) is 19.0 Å². The average Bonchev–Trinajstić information content (AvgIpc) is 2.48. The van der Waals surface area contributed by atoms with Crippen LogP contribution in [0.2, 0.25) is 0 Å². The normalized spacial score (nSPS) is 24.8. The van der Waals surface area contributed by atoms with Crippen LogP contribution in [-0.2, 0) is 11.2 Å². The topological polar surface area (TPSA) is 41.1 Å². The van der Waals surface area contributed by atoms with Crippen LogP contribution in [0.5, 0.6) is 0 Å². The molecule has 20 heavy (non-hydrogen) atoms. The highest BCUT2D eigenvalue weighted by molar-refractivity contribution is 5.82. The maximum atomic E-state index is 12.7. The second-order valence-corrected chi connectivity index (χ2v) is 6.43. The van der Waals surface area contributed by atoms with E-state index in [9.17, 15) is 4.79 Å². The number of piperidine rings is 1. The lowest BCUT2D eigenvalue weighted by molar-refractivity contribution is -0.132. The number of fused-ring (bicyclic) bond motifs is 1. The molecule has 1 heterocycles. The third-order valence-corrected chi connectivity index (χ3v) is 4.93. The van der Waals surface area contributed by atoms with Gasteiger partial charge in [-0.05, 0) is 56.3 Å². The van der Waals surface area contributed by atoms with Crippen LogP contribution >= 0.6 is 0 Å². The molecule has 1 atom stereocenters. The SMILES string of the molecule is CC1(C(=O)NC2CCCc3ccccc32)CCNCC1. The van der Waals surface area contributed by atoms with Gasteiger partial charge in [0.1, 0.15) is 0 Å². The van der Waals surface area contributed by atoms with Gasteiger partial charge in [-0.3, -0.25) is 4.79 Å². The first-order valence-electron chi connectivity index (χ1n) is 7.78. The second-order valence-electron chi connectivity index (χ2n) is 6.43. The minimum Gasteiger partial charge on any atom is -0.349 e. The fourth-order valence-corrected chi connectivity index (χ4v) is 3.44. The van der Waals surface area contributed by atoms with Crippen molar-refractivity contribution in [2.45, 2.75) is 45.1 Å². The van der Waals surface area contributed by atoms with Gasteiger partial charge in [-0.2, -0.15) is 0 Å². The Balaban J connectivity index is 1.74. The van der Waals surface area contributed by atoms with Crippen molar-refractivity contribution in [3.8, 4) is 0 Å². The van der Waals surface area contributed by atoms with Gasteiger partial charge in [0, 0.05) is 5.41 Å². The summed E-state index contributed by atoms with van der Waals surface area (Å²) in [5, 5.41) is 6.65. The molecule has 2 aliphatic rings. The van der Waals surface area contributed by atoms with Gasteiger partial charge in [0.25, 0.3) is 0 Å². The van der Waals surface area contributed by atoms with Crippen molar-refractivity contribution in [3.05, 3.63) is 35.4 Å². The molecule has 1 unspecified atom stereocenters. The van der Waals surface area contributed by atoms with Crippen molar-refractivity contribution >= 4 is 5.91 Å². The molecule has 1 aliphatic carbocycles. The van der Waals surface area contributed by atoms with E-state index in [-0.39, 0.29) is 17.4 Å². The lowest BCUT2D eigenvalue weighted by Gasteiger charge is -2.35.